The van der Waals surface area contributed by atoms with E-state index in [0.717, 1.165) is 12.3 Å². The van der Waals surface area contributed by atoms with Crippen molar-refractivity contribution < 1.29 is 4.79 Å². The third-order valence-electron chi connectivity index (χ3n) is 2.09. The van der Waals surface area contributed by atoms with Crippen molar-refractivity contribution in [2.24, 2.45) is 5.92 Å². The van der Waals surface area contributed by atoms with E-state index in [1.54, 1.807) is 12.2 Å². The van der Waals surface area contributed by atoms with Gasteiger partial charge in [-0.05, 0) is 32.3 Å². The molecule has 0 aromatic carbocycles. The minimum absolute atomic E-state index is 0.0330. The molecule has 1 aliphatic rings. The molecule has 2 heteroatoms. The molecule has 1 aliphatic carbocycles. The topological polar surface area (TPSA) is 29.1 Å². The second-order valence-corrected chi connectivity index (χ2v) is 3.59. The zero-order chi connectivity index (χ0) is 8.97. The molecule has 68 valence electrons. The Morgan fingerprint density at radius 2 is 2.33 bits per heavy atom. The van der Waals surface area contributed by atoms with Gasteiger partial charge in [0.2, 0.25) is 5.91 Å². The van der Waals surface area contributed by atoms with Crippen molar-refractivity contribution in [1.29, 1.82) is 0 Å². The summed E-state index contributed by atoms with van der Waals surface area (Å²) in [6.07, 6.45) is 7.18. The lowest BCUT2D eigenvalue weighted by Crippen LogP contribution is -2.31. The van der Waals surface area contributed by atoms with Crippen molar-refractivity contribution in [2.75, 3.05) is 0 Å². The first-order valence-electron chi connectivity index (χ1n) is 4.65. The molecule has 1 amide bonds. The van der Waals surface area contributed by atoms with Crippen LogP contribution in [0.1, 0.15) is 33.1 Å². The van der Waals surface area contributed by atoms with Gasteiger partial charge in [0.1, 0.15) is 0 Å². The van der Waals surface area contributed by atoms with Gasteiger partial charge in [0.25, 0.3) is 0 Å². The van der Waals surface area contributed by atoms with Gasteiger partial charge < -0.3 is 5.32 Å². The van der Waals surface area contributed by atoms with Crippen LogP contribution in [0, 0.1) is 5.92 Å². The Kier molecular flexibility index (Phi) is 3.32. The van der Waals surface area contributed by atoms with E-state index >= 15 is 0 Å². The van der Waals surface area contributed by atoms with Crippen molar-refractivity contribution in [1.82, 2.24) is 5.32 Å². The summed E-state index contributed by atoms with van der Waals surface area (Å²) in [5.41, 5.74) is 0. The first-order chi connectivity index (χ1) is 5.72. The van der Waals surface area contributed by atoms with Crippen molar-refractivity contribution >= 4 is 5.91 Å². The molecule has 0 spiro atoms. The van der Waals surface area contributed by atoms with Gasteiger partial charge >= 0.3 is 0 Å². The summed E-state index contributed by atoms with van der Waals surface area (Å²) in [5.74, 6) is 0.913. The molecule has 0 aromatic rings. The van der Waals surface area contributed by atoms with E-state index in [9.17, 15) is 4.79 Å². The third kappa shape index (κ3) is 3.56. The van der Waals surface area contributed by atoms with Crippen LogP contribution in [-0.2, 0) is 4.79 Å². The van der Waals surface area contributed by atoms with E-state index in [0.29, 0.717) is 6.04 Å². The Labute approximate surface area is 74.0 Å². The first kappa shape index (κ1) is 9.30. The fraction of sp³-hybridized carbons (Fsp3) is 0.700. The highest BCUT2D eigenvalue weighted by Gasteiger charge is 2.23. The zero-order valence-corrected chi connectivity index (χ0v) is 7.84. The normalized spacial score (nSPS) is 19.5. The van der Waals surface area contributed by atoms with Crippen molar-refractivity contribution in [3.8, 4) is 0 Å². The van der Waals surface area contributed by atoms with Gasteiger partial charge in [0.15, 0.2) is 0 Å². The van der Waals surface area contributed by atoms with Crippen molar-refractivity contribution in [2.45, 2.75) is 39.2 Å². The lowest BCUT2D eigenvalue weighted by atomic mass is 10.1. The van der Waals surface area contributed by atoms with Gasteiger partial charge in [-0.2, -0.15) is 0 Å². The minimum Gasteiger partial charge on any atom is -0.350 e. The summed E-state index contributed by atoms with van der Waals surface area (Å²) < 4.78 is 0. The van der Waals surface area contributed by atoms with E-state index in [4.69, 9.17) is 0 Å². The average molecular weight is 167 g/mol. The van der Waals surface area contributed by atoms with Gasteiger partial charge in [-0.1, -0.05) is 18.9 Å². The fourth-order valence-electron chi connectivity index (χ4n) is 1.35. The van der Waals surface area contributed by atoms with Crippen LogP contribution in [0.2, 0.25) is 0 Å². The third-order valence-corrected chi connectivity index (χ3v) is 2.09. The fourth-order valence-corrected chi connectivity index (χ4v) is 1.35. The van der Waals surface area contributed by atoms with Crippen LogP contribution >= 0.6 is 0 Å². The van der Waals surface area contributed by atoms with Crippen LogP contribution < -0.4 is 5.32 Å². The zero-order valence-electron chi connectivity index (χ0n) is 7.84. The van der Waals surface area contributed by atoms with Crippen LogP contribution in [0.3, 0.4) is 0 Å². The predicted molar refractivity (Wildman–Crippen MR) is 49.8 cm³/mol. The number of carbonyl (C=O) groups excluding carboxylic acids is 1. The molecule has 1 unspecified atom stereocenters. The maximum atomic E-state index is 11.1. The molecule has 0 aromatic heterocycles. The number of hydrogen-bond donors (Lipinski definition) is 1. The second kappa shape index (κ2) is 4.29. The Balaban J connectivity index is 2.14. The molecule has 0 aliphatic heterocycles. The van der Waals surface area contributed by atoms with E-state index in [1.807, 2.05) is 6.92 Å². The van der Waals surface area contributed by atoms with E-state index in [2.05, 4.69) is 12.2 Å². The quantitative estimate of drug-likeness (QED) is 0.636. The minimum atomic E-state index is 0.0330. The number of allylic oxidation sites excluding steroid dienone is 1. The highest BCUT2D eigenvalue weighted by Crippen LogP contribution is 2.33. The summed E-state index contributed by atoms with van der Waals surface area (Å²) in [7, 11) is 0. The first-order valence-corrected chi connectivity index (χ1v) is 4.65. The summed E-state index contributed by atoms with van der Waals surface area (Å²) in [6, 6.07) is 0.334. The van der Waals surface area contributed by atoms with E-state index < -0.39 is 0 Å². The molecule has 1 atom stereocenters. The highest BCUT2D eigenvalue weighted by molar-refractivity contribution is 5.87. The molecular formula is C10H17NO. The van der Waals surface area contributed by atoms with Crippen LogP contribution in [0.15, 0.2) is 12.2 Å². The smallest absolute Gasteiger partial charge is 0.243 e. The number of amides is 1. The van der Waals surface area contributed by atoms with E-state index in [-0.39, 0.29) is 5.91 Å². The maximum Gasteiger partial charge on any atom is 0.243 e. The lowest BCUT2D eigenvalue weighted by Gasteiger charge is -2.10. The number of hydrogen-bond acceptors (Lipinski definition) is 1. The molecule has 0 radical (unpaired) electrons. The molecule has 1 fully saturated rings. The summed E-state index contributed by atoms with van der Waals surface area (Å²) >= 11 is 0. The molecule has 1 rings (SSSR count). The monoisotopic (exact) mass is 167 g/mol. The maximum absolute atomic E-state index is 11.1. The second-order valence-electron chi connectivity index (χ2n) is 3.59. The summed E-state index contributed by atoms with van der Waals surface area (Å²) in [6.45, 7) is 3.92. The van der Waals surface area contributed by atoms with Crippen molar-refractivity contribution in [3.63, 3.8) is 0 Å². The molecule has 1 saturated carbocycles. The molecule has 1 N–H and O–H groups in total. The van der Waals surface area contributed by atoms with Gasteiger partial charge in [0.05, 0.1) is 0 Å². The van der Waals surface area contributed by atoms with Crippen LogP contribution in [-0.4, -0.2) is 11.9 Å². The molecule has 2 nitrogen and oxygen atoms in total. The average Bonchev–Trinajstić information content (AvgIpc) is 2.71. The predicted octanol–water partition coefficient (Wildman–Crippen LogP) is 1.87. The largest absolute Gasteiger partial charge is 0.350 e. The highest BCUT2D eigenvalue weighted by atomic mass is 16.1. The molecule has 0 bridgehead atoms. The van der Waals surface area contributed by atoms with Gasteiger partial charge in [-0.3, -0.25) is 4.79 Å². The standard InChI is InChI=1S/C10H17NO/c1-3-4-10(12)11-8(2)7-9-5-6-9/h3-4,8-9H,5-7H2,1-2H3,(H,11,12). The summed E-state index contributed by atoms with van der Waals surface area (Å²) in [4.78, 5) is 11.1. The molecule has 0 heterocycles. The lowest BCUT2D eigenvalue weighted by molar-refractivity contribution is -0.117. The van der Waals surface area contributed by atoms with Crippen LogP contribution in [0.4, 0.5) is 0 Å². The number of rotatable bonds is 4. The molecule has 0 saturated heterocycles. The van der Waals surface area contributed by atoms with Gasteiger partial charge in [-0.15, -0.1) is 0 Å². The SMILES string of the molecule is CC=CC(=O)NC(C)CC1CC1. The molecular weight excluding hydrogens is 150 g/mol. The Hall–Kier alpha value is -0.790. The van der Waals surface area contributed by atoms with E-state index in [1.165, 1.54) is 12.8 Å². The van der Waals surface area contributed by atoms with Gasteiger partial charge in [-0.25, -0.2) is 0 Å². The summed E-state index contributed by atoms with van der Waals surface area (Å²) in [5, 5.41) is 2.93. The van der Waals surface area contributed by atoms with Crippen LogP contribution in [0.25, 0.3) is 0 Å². The Morgan fingerprint density at radius 3 is 2.83 bits per heavy atom. The Bertz CT molecular complexity index is 182. The molecule has 12 heavy (non-hydrogen) atoms. The van der Waals surface area contributed by atoms with Crippen molar-refractivity contribution in [3.05, 3.63) is 12.2 Å². The number of nitrogens with one attached hydrogen (secondary N) is 1. The van der Waals surface area contributed by atoms with Gasteiger partial charge in [0, 0.05) is 6.04 Å². The Morgan fingerprint density at radius 1 is 1.67 bits per heavy atom. The number of carbonyl (C=O) groups is 1. The van der Waals surface area contributed by atoms with Crippen LogP contribution in [0.5, 0.6) is 0 Å².